The standard InChI is InChI=1S/C9H19N3O2S/c1-8-3-4-12(7-8)15(13,14)11(2)9-5-10-6-9/h8-10H,3-7H2,1-2H3. The summed E-state index contributed by atoms with van der Waals surface area (Å²) in [7, 11) is -1.52. The number of rotatable bonds is 3. The summed E-state index contributed by atoms with van der Waals surface area (Å²) in [5.74, 6) is 0.493. The first-order valence-corrected chi connectivity index (χ1v) is 6.85. The van der Waals surface area contributed by atoms with Gasteiger partial charge in [-0.2, -0.15) is 17.0 Å². The van der Waals surface area contributed by atoms with Crippen LogP contribution in [0.5, 0.6) is 0 Å². The minimum Gasteiger partial charge on any atom is -0.313 e. The van der Waals surface area contributed by atoms with E-state index in [-0.39, 0.29) is 6.04 Å². The molecule has 2 fully saturated rings. The zero-order chi connectivity index (χ0) is 11.1. The average molecular weight is 233 g/mol. The number of nitrogens with zero attached hydrogens (tertiary/aromatic N) is 2. The minimum atomic E-state index is -3.21. The second kappa shape index (κ2) is 4.01. The van der Waals surface area contributed by atoms with Gasteiger partial charge < -0.3 is 5.32 Å². The molecule has 0 spiro atoms. The van der Waals surface area contributed by atoms with Gasteiger partial charge in [0.1, 0.15) is 0 Å². The van der Waals surface area contributed by atoms with Crippen LogP contribution >= 0.6 is 0 Å². The Hall–Kier alpha value is -0.170. The van der Waals surface area contributed by atoms with Crippen LogP contribution in [0.15, 0.2) is 0 Å². The van der Waals surface area contributed by atoms with E-state index < -0.39 is 10.2 Å². The molecule has 0 saturated carbocycles. The average Bonchev–Trinajstić information content (AvgIpc) is 2.49. The highest BCUT2D eigenvalue weighted by Crippen LogP contribution is 2.21. The van der Waals surface area contributed by atoms with Crippen molar-refractivity contribution >= 4 is 10.2 Å². The summed E-state index contributed by atoms with van der Waals surface area (Å²) in [6.07, 6.45) is 0.982. The first-order chi connectivity index (χ1) is 7.01. The van der Waals surface area contributed by atoms with E-state index >= 15 is 0 Å². The molecule has 2 aliphatic rings. The fourth-order valence-corrected chi connectivity index (χ4v) is 3.67. The maximum atomic E-state index is 12.1. The SMILES string of the molecule is CC1CCN(S(=O)(=O)N(C)C2CNC2)C1. The molecule has 2 aliphatic heterocycles. The molecule has 0 aromatic carbocycles. The topological polar surface area (TPSA) is 52.7 Å². The first-order valence-electron chi connectivity index (χ1n) is 5.45. The van der Waals surface area contributed by atoms with Crippen molar-refractivity contribution in [2.24, 2.45) is 5.92 Å². The summed E-state index contributed by atoms with van der Waals surface area (Å²) in [4.78, 5) is 0. The number of hydrogen-bond donors (Lipinski definition) is 1. The van der Waals surface area contributed by atoms with Crippen molar-refractivity contribution in [3.05, 3.63) is 0 Å². The lowest BCUT2D eigenvalue weighted by atomic mass is 10.2. The summed E-state index contributed by atoms with van der Waals surface area (Å²) in [6, 6.07) is 0.144. The van der Waals surface area contributed by atoms with Crippen molar-refractivity contribution in [1.29, 1.82) is 0 Å². The fraction of sp³-hybridized carbons (Fsp3) is 1.00. The minimum absolute atomic E-state index is 0.144. The Morgan fingerprint density at radius 2 is 2.07 bits per heavy atom. The van der Waals surface area contributed by atoms with Crippen molar-refractivity contribution in [3.8, 4) is 0 Å². The molecule has 0 radical (unpaired) electrons. The predicted molar refractivity (Wildman–Crippen MR) is 58.7 cm³/mol. The zero-order valence-electron chi connectivity index (χ0n) is 9.31. The summed E-state index contributed by atoms with van der Waals surface area (Å²) in [5, 5.41) is 3.09. The lowest BCUT2D eigenvalue weighted by Crippen LogP contribution is -2.59. The van der Waals surface area contributed by atoms with Gasteiger partial charge in [0.05, 0.1) is 6.04 Å². The van der Waals surface area contributed by atoms with Gasteiger partial charge in [-0.3, -0.25) is 0 Å². The number of likely N-dealkylation sites (N-methyl/N-ethyl adjacent to an activating group) is 1. The van der Waals surface area contributed by atoms with Crippen molar-refractivity contribution in [1.82, 2.24) is 13.9 Å². The van der Waals surface area contributed by atoms with Gasteiger partial charge in [0, 0.05) is 33.2 Å². The Kier molecular flexibility index (Phi) is 3.03. The number of nitrogens with one attached hydrogen (secondary N) is 1. The maximum Gasteiger partial charge on any atom is 0.282 e. The second-order valence-electron chi connectivity index (χ2n) is 4.59. The molecule has 1 atom stereocenters. The summed E-state index contributed by atoms with van der Waals surface area (Å²) < 4.78 is 27.4. The van der Waals surface area contributed by atoms with Gasteiger partial charge in [-0.15, -0.1) is 0 Å². The fourth-order valence-electron chi connectivity index (χ4n) is 2.01. The summed E-state index contributed by atoms with van der Waals surface area (Å²) in [5.41, 5.74) is 0. The molecule has 2 rings (SSSR count). The molecule has 0 aromatic rings. The van der Waals surface area contributed by atoms with Gasteiger partial charge in [-0.1, -0.05) is 6.92 Å². The van der Waals surface area contributed by atoms with E-state index in [1.807, 2.05) is 0 Å². The van der Waals surface area contributed by atoms with E-state index in [1.54, 1.807) is 11.4 Å². The Morgan fingerprint density at radius 3 is 2.47 bits per heavy atom. The van der Waals surface area contributed by atoms with Crippen molar-refractivity contribution in [2.45, 2.75) is 19.4 Å². The largest absolute Gasteiger partial charge is 0.313 e. The lowest BCUT2D eigenvalue weighted by Gasteiger charge is -2.36. The van der Waals surface area contributed by atoms with Crippen LogP contribution in [-0.2, 0) is 10.2 Å². The molecule has 0 aromatic heterocycles. The second-order valence-corrected chi connectivity index (χ2v) is 6.58. The molecule has 0 aliphatic carbocycles. The molecule has 2 saturated heterocycles. The third-order valence-corrected chi connectivity index (χ3v) is 5.36. The highest BCUT2D eigenvalue weighted by molar-refractivity contribution is 7.86. The molecule has 88 valence electrons. The van der Waals surface area contributed by atoms with Crippen LogP contribution in [0, 0.1) is 5.92 Å². The zero-order valence-corrected chi connectivity index (χ0v) is 10.1. The molecular formula is C9H19N3O2S. The van der Waals surface area contributed by atoms with Gasteiger partial charge in [0.15, 0.2) is 0 Å². The van der Waals surface area contributed by atoms with Gasteiger partial charge in [-0.25, -0.2) is 0 Å². The quantitative estimate of drug-likeness (QED) is 0.713. The van der Waals surface area contributed by atoms with E-state index in [0.717, 1.165) is 19.5 Å². The van der Waals surface area contributed by atoms with Crippen LogP contribution < -0.4 is 5.32 Å². The number of hydrogen-bond acceptors (Lipinski definition) is 3. The summed E-state index contributed by atoms with van der Waals surface area (Å²) >= 11 is 0. The molecule has 5 nitrogen and oxygen atoms in total. The maximum absolute atomic E-state index is 12.1. The van der Waals surface area contributed by atoms with Crippen LogP contribution in [0.1, 0.15) is 13.3 Å². The highest BCUT2D eigenvalue weighted by atomic mass is 32.2. The third kappa shape index (κ3) is 2.04. The molecule has 15 heavy (non-hydrogen) atoms. The Labute approximate surface area is 91.6 Å². The smallest absolute Gasteiger partial charge is 0.282 e. The van der Waals surface area contributed by atoms with Crippen LogP contribution in [-0.4, -0.2) is 56.3 Å². The van der Waals surface area contributed by atoms with Crippen LogP contribution in [0.3, 0.4) is 0 Å². The van der Waals surface area contributed by atoms with E-state index in [0.29, 0.717) is 19.0 Å². The van der Waals surface area contributed by atoms with Crippen LogP contribution in [0.4, 0.5) is 0 Å². The van der Waals surface area contributed by atoms with Gasteiger partial charge >= 0.3 is 0 Å². The van der Waals surface area contributed by atoms with E-state index in [4.69, 9.17) is 0 Å². The molecule has 6 heteroatoms. The third-order valence-electron chi connectivity index (χ3n) is 3.35. The molecule has 1 N–H and O–H groups in total. The summed E-state index contributed by atoms with van der Waals surface area (Å²) in [6.45, 7) is 5.00. The Bertz CT molecular complexity index is 318. The van der Waals surface area contributed by atoms with Crippen molar-refractivity contribution in [3.63, 3.8) is 0 Å². The molecular weight excluding hydrogens is 214 g/mol. The highest BCUT2D eigenvalue weighted by Gasteiger charge is 2.37. The predicted octanol–water partition coefficient (Wildman–Crippen LogP) is -0.523. The van der Waals surface area contributed by atoms with Crippen LogP contribution in [0.2, 0.25) is 0 Å². The van der Waals surface area contributed by atoms with E-state index in [2.05, 4.69) is 12.2 Å². The normalized spacial score (nSPS) is 29.7. The Balaban J connectivity index is 2.05. The molecule has 2 heterocycles. The molecule has 0 amide bonds. The van der Waals surface area contributed by atoms with E-state index in [1.165, 1.54) is 4.31 Å². The monoisotopic (exact) mass is 233 g/mol. The van der Waals surface area contributed by atoms with E-state index in [9.17, 15) is 8.42 Å². The first kappa shape index (κ1) is 11.3. The lowest BCUT2D eigenvalue weighted by molar-refractivity contribution is 0.257. The van der Waals surface area contributed by atoms with Crippen molar-refractivity contribution < 1.29 is 8.42 Å². The van der Waals surface area contributed by atoms with Gasteiger partial charge in [-0.05, 0) is 12.3 Å². The van der Waals surface area contributed by atoms with Crippen molar-refractivity contribution in [2.75, 3.05) is 33.2 Å². The van der Waals surface area contributed by atoms with Gasteiger partial charge in [0.2, 0.25) is 0 Å². The molecule has 0 bridgehead atoms. The van der Waals surface area contributed by atoms with Gasteiger partial charge in [0.25, 0.3) is 10.2 Å². The Morgan fingerprint density at radius 1 is 1.40 bits per heavy atom. The van der Waals surface area contributed by atoms with Crippen LogP contribution in [0.25, 0.3) is 0 Å². The molecule has 1 unspecified atom stereocenters.